The van der Waals surface area contributed by atoms with Crippen molar-refractivity contribution in [2.24, 2.45) is 5.92 Å². The number of rotatable bonds is 5. The van der Waals surface area contributed by atoms with E-state index in [2.05, 4.69) is 21.7 Å². The van der Waals surface area contributed by atoms with Crippen LogP contribution in [-0.4, -0.2) is 74.7 Å². The highest BCUT2D eigenvalue weighted by atomic mass is 16.6. The summed E-state index contributed by atoms with van der Waals surface area (Å²) >= 11 is 0. The van der Waals surface area contributed by atoms with Crippen LogP contribution in [0, 0.1) is 16.0 Å². The molecule has 0 N–H and O–H groups in total. The number of piperazine rings is 1. The predicted octanol–water partition coefficient (Wildman–Crippen LogP) is 2.07. The van der Waals surface area contributed by atoms with E-state index in [0.29, 0.717) is 5.75 Å². The minimum atomic E-state index is -0.398. The van der Waals surface area contributed by atoms with Gasteiger partial charge < -0.3 is 19.4 Å². The molecule has 0 atom stereocenters. The molecule has 0 saturated carbocycles. The van der Waals surface area contributed by atoms with E-state index in [0.717, 1.165) is 24.7 Å². The molecule has 25 heavy (non-hydrogen) atoms. The summed E-state index contributed by atoms with van der Waals surface area (Å²) in [4.78, 5) is 17.9. The van der Waals surface area contributed by atoms with Gasteiger partial charge in [-0.15, -0.1) is 0 Å². The van der Waals surface area contributed by atoms with E-state index in [9.17, 15) is 10.1 Å². The van der Waals surface area contributed by atoms with Crippen LogP contribution >= 0.6 is 0 Å². The lowest BCUT2D eigenvalue weighted by Crippen LogP contribution is -2.47. The number of piperidine rings is 1. The Hall–Kier alpha value is -1.86. The third-order valence-corrected chi connectivity index (χ3v) is 5.45. The third kappa shape index (κ3) is 4.41. The number of hydrogen-bond donors (Lipinski definition) is 0. The van der Waals surface area contributed by atoms with Gasteiger partial charge in [-0.25, -0.2) is 0 Å². The molecule has 0 radical (unpaired) electrons. The molecular weight excluding hydrogens is 320 g/mol. The minimum absolute atomic E-state index is 0.0243. The van der Waals surface area contributed by atoms with Gasteiger partial charge in [-0.05, 0) is 31.9 Å². The van der Waals surface area contributed by atoms with Crippen molar-refractivity contribution in [1.29, 1.82) is 0 Å². The van der Waals surface area contributed by atoms with E-state index in [1.165, 1.54) is 52.7 Å². The van der Waals surface area contributed by atoms with Gasteiger partial charge in [0.05, 0.1) is 12.0 Å². The highest BCUT2D eigenvalue weighted by molar-refractivity contribution is 5.59. The number of nitro groups is 1. The summed E-state index contributed by atoms with van der Waals surface area (Å²) in [7, 11) is 3.67. The SMILES string of the molecule is COc1cc(N2CCC(CN3CCN(C)CC3)CC2)ccc1[N+](=O)[O-]. The minimum Gasteiger partial charge on any atom is -0.490 e. The maximum absolute atomic E-state index is 11.0. The van der Waals surface area contributed by atoms with Crippen LogP contribution in [-0.2, 0) is 0 Å². The Morgan fingerprint density at radius 1 is 1.16 bits per heavy atom. The number of nitro benzene ring substituents is 1. The quantitative estimate of drug-likeness (QED) is 0.600. The molecule has 0 amide bonds. The summed E-state index contributed by atoms with van der Waals surface area (Å²) in [6.45, 7) is 7.89. The van der Waals surface area contributed by atoms with E-state index in [4.69, 9.17) is 4.74 Å². The summed E-state index contributed by atoms with van der Waals surface area (Å²) in [5, 5.41) is 11.0. The Labute approximate surface area is 149 Å². The molecule has 3 rings (SSSR count). The van der Waals surface area contributed by atoms with Gasteiger partial charge >= 0.3 is 5.69 Å². The van der Waals surface area contributed by atoms with Crippen LogP contribution < -0.4 is 9.64 Å². The van der Waals surface area contributed by atoms with E-state index < -0.39 is 4.92 Å². The normalized spacial score (nSPS) is 20.6. The topological polar surface area (TPSA) is 62.1 Å². The molecule has 1 aromatic rings. The highest BCUT2D eigenvalue weighted by Crippen LogP contribution is 2.33. The van der Waals surface area contributed by atoms with E-state index >= 15 is 0 Å². The first kappa shape index (κ1) is 17.9. The summed E-state index contributed by atoms with van der Waals surface area (Å²) in [5.41, 5.74) is 1.04. The summed E-state index contributed by atoms with van der Waals surface area (Å²) < 4.78 is 5.19. The fraction of sp³-hybridized carbons (Fsp3) is 0.667. The molecule has 2 aliphatic heterocycles. The van der Waals surface area contributed by atoms with Gasteiger partial charge in [-0.2, -0.15) is 0 Å². The molecule has 7 heteroatoms. The summed E-state index contributed by atoms with van der Waals surface area (Å²) in [6.07, 6.45) is 2.34. The first-order valence-corrected chi connectivity index (χ1v) is 9.05. The van der Waals surface area contributed by atoms with Gasteiger partial charge in [0.25, 0.3) is 0 Å². The van der Waals surface area contributed by atoms with E-state index in [1.54, 1.807) is 12.1 Å². The van der Waals surface area contributed by atoms with Gasteiger partial charge in [0.1, 0.15) is 0 Å². The Kier molecular flexibility index (Phi) is 5.75. The lowest BCUT2D eigenvalue weighted by atomic mass is 9.95. The fourth-order valence-electron chi connectivity index (χ4n) is 3.78. The van der Waals surface area contributed by atoms with Crippen LogP contribution in [0.5, 0.6) is 5.75 Å². The first-order chi connectivity index (χ1) is 12.1. The Balaban J connectivity index is 1.54. The lowest BCUT2D eigenvalue weighted by Gasteiger charge is -2.38. The van der Waals surface area contributed by atoms with Gasteiger partial charge in [0, 0.05) is 63.6 Å². The Morgan fingerprint density at radius 3 is 2.44 bits per heavy atom. The zero-order valence-corrected chi connectivity index (χ0v) is 15.2. The largest absolute Gasteiger partial charge is 0.490 e. The van der Waals surface area contributed by atoms with Crippen molar-refractivity contribution in [3.05, 3.63) is 28.3 Å². The van der Waals surface area contributed by atoms with Gasteiger partial charge in [0.2, 0.25) is 0 Å². The van der Waals surface area contributed by atoms with Gasteiger partial charge in [-0.1, -0.05) is 0 Å². The zero-order chi connectivity index (χ0) is 17.8. The molecule has 2 aliphatic rings. The van der Waals surface area contributed by atoms with Crippen LogP contribution in [0.1, 0.15) is 12.8 Å². The van der Waals surface area contributed by atoms with Crippen LogP contribution in [0.2, 0.25) is 0 Å². The molecule has 138 valence electrons. The number of likely N-dealkylation sites (N-methyl/N-ethyl adjacent to an activating group) is 1. The fourth-order valence-corrected chi connectivity index (χ4v) is 3.78. The average Bonchev–Trinajstić information content (AvgIpc) is 2.63. The Morgan fingerprint density at radius 2 is 1.84 bits per heavy atom. The number of methoxy groups -OCH3 is 1. The summed E-state index contributed by atoms with van der Waals surface area (Å²) in [5.74, 6) is 1.08. The van der Waals surface area contributed by atoms with Crippen molar-refractivity contribution >= 4 is 11.4 Å². The molecule has 0 aliphatic carbocycles. The predicted molar refractivity (Wildman–Crippen MR) is 98.5 cm³/mol. The molecule has 0 aromatic heterocycles. The molecule has 2 heterocycles. The molecule has 0 bridgehead atoms. The number of benzene rings is 1. The second-order valence-electron chi connectivity index (χ2n) is 7.15. The zero-order valence-electron chi connectivity index (χ0n) is 15.2. The molecule has 2 fully saturated rings. The highest BCUT2D eigenvalue weighted by Gasteiger charge is 2.24. The molecule has 0 unspecified atom stereocenters. The van der Waals surface area contributed by atoms with Gasteiger partial charge in [-0.3, -0.25) is 10.1 Å². The van der Waals surface area contributed by atoms with Crippen LogP contribution in [0.4, 0.5) is 11.4 Å². The standard InChI is InChI=1S/C18H28N4O3/c1-19-9-11-20(12-10-19)14-15-5-7-21(8-6-15)16-3-4-17(22(23)24)18(13-16)25-2/h3-4,13,15H,5-12,14H2,1-2H3. The number of nitrogens with zero attached hydrogens (tertiary/aromatic N) is 4. The number of anilines is 1. The molecule has 1 aromatic carbocycles. The van der Waals surface area contributed by atoms with E-state index in [-0.39, 0.29) is 5.69 Å². The molecule has 2 saturated heterocycles. The first-order valence-electron chi connectivity index (χ1n) is 9.05. The monoisotopic (exact) mass is 348 g/mol. The lowest BCUT2D eigenvalue weighted by molar-refractivity contribution is -0.385. The molecule has 0 spiro atoms. The molecular formula is C18H28N4O3. The van der Waals surface area contributed by atoms with Crippen molar-refractivity contribution in [1.82, 2.24) is 9.80 Å². The maximum atomic E-state index is 11.0. The second kappa shape index (κ2) is 8.01. The third-order valence-electron chi connectivity index (χ3n) is 5.45. The van der Waals surface area contributed by atoms with Crippen molar-refractivity contribution in [2.75, 3.05) is 64.9 Å². The number of hydrogen-bond acceptors (Lipinski definition) is 6. The van der Waals surface area contributed by atoms with Crippen LogP contribution in [0.15, 0.2) is 18.2 Å². The Bertz CT molecular complexity index is 594. The van der Waals surface area contributed by atoms with Crippen LogP contribution in [0.3, 0.4) is 0 Å². The van der Waals surface area contributed by atoms with Crippen LogP contribution in [0.25, 0.3) is 0 Å². The van der Waals surface area contributed by atoms with Crippen molar-refractivity contribution < 1.29 is 9.66 Å². The van der Waals surface area contributed by atoms with Crippen molar-refractivity contribution in [2.45, 2.75) is 12.8 Å². The van der Waals surface area contributed by atoms with Crippen molar-refractivity contribution in [3.63, 3.8) is 0 Å². The average molecular weight is 348 g/mol. The van der Waals surface area contributed by atoms with E-state index in [1.807, 2.05) is 6.07 Å². The number of ether oxygens (including phenoxy) is 1. The van der Waals surface area contributed by atoms with Crippen molar-refractivity contribution in [3.8, 4) is 5.75 Å². The maximum Gasteiger partial charge on any atom is 0.311 e. The van der Waals surface area contributed by atoms with Gasteiger partial charge in [0.15, 0.2) is 5.75 Å². The second-order valence-corrected chi connectivity index (χ2v) is 7.15. The summed E-state index contributed by atoms with van der Waals surface area (Å²) in [6, 6.07) is 5.17. The smallest absolute Gasteiger partial charge is 0.311 e. The molecule has 7 nitrogen and oxygen atoms in total.